The Hall–Kier alpha value is -2.24. The van der Waals surface area contributed by atoms with E-state index in [4.69, 9.17) is 5.73 Å². The van der Waals surface area contributed by atoms with Crippen molar-refractivity contribution in [3.63, 3.8) is 0 Å². The average Bonchev–Trinajstić information content (AvgIpc) is 2.61. The topological polar surface area (TPSA) is 74.0 Å². The molecule has 1 aliphatic rings. The molecule has 0 atom stereocenters. The summed E-state index contributed by atoms with van der Waals surface area (Å²) in [7, 11) is 0. The number of carbonyl (C=O) groups excluding carboxylic acids is 1. The lowest BCUT2D eigenvalue weighted by Gasteiger charge is -2.35. The van der Waals surface area contributed by atoms with Crippen molar-refractivity contribution in [2.24, 2.45) is 10.7 Å². The zero-order valence-corrected chi connectivity index (χ0v) is 13.9. The first-order valence-electron chi connectivity index (χ1n) is 8.32. The molecule has 1 aliphatic heterocycles. The van der Waals surface area contributed by atoms with Gasteiger partial charge in [0.2, 0.25) is 5.91 Å². The van der Waals surface area contributed by atoms with Crippen molar-refractivity contribution in [1.82, 2.24) is 10.2 Å². The van der Waals surface area contributed by atoms with E-state index in [2.05, 4.69) is 34.3 Å². The number of carbonyl (C=O) groups is 1. The molecular formula is C17H27N5O. The molecule has 1 saturated heterocycles. The minimum absolute atomic E-state index is 0.0398. The van der Waals surface area contributed by atoms with Crippen LogP contribution in [0.4, 0.5) is 5.69 Å². The highest BCUT2D eigenvalue weighted by Crippen LogP contribution is 2.15. The van der Waals surface area contributed by atoms with E-state index in [1.54, 1.807) is 0 Å². The molecule has 0 bridgehead atoms. The number of hydrogen-bond donors (Lipinski definition) is 2. The van der Waals surface area contributed by atoms with Gasteiger partial charge in [-0.3, -0.25) is 4.79 Å². The van der Waals surface area contributed by atoms with Gasteiger partial charge in [0.05, 0.1) is 0 Å². The molecule has 1 fully saturated rings. The number of guanidine groups is 1. The molecule has 1 heterocycles. The van der Waals surface area contributed by atoms with E-state index in [1.165, 1.54) is 5.69 Å². The molecule has 0 aromatic heterocycles. The first-order valence-corrected chi connectivity index (χ1v) is 8.32. The number of nitrogens with one attached hydrogen (secondary N) is 1. The van der Waals surface area contributed by atoms with Gasteiger partial charge in [0.15, 0.2) is 5.96 Å². The predicted octanol–water partition coefficient (Wildman–Crippen LogP) is 1.04. The maximum atomic E-state index is 12.2. The van der Waals surface area contributed by atoms with Crippen LogP contribution in [0.15, 0.2) is 35.3 Å². The molecule has 0 radical (unpaired) electrons. The van der Waals surface area contributed by atoms with Crippen molar-refractivity contribution >= 4 is 17.6 Å². The molecule has 0 spiro atoms. The van der Waals surface area contributed by atoms with Crippen molar-refractivity contribution in [2.45, 2.75) is 19.8 Å². The van der Waals surface area contributed by atoms with Crippen molar-refractivity contribution in [2.75, 3.05) is 44.2 Å². The molecule has 6 heteroatoms. The summed E-state index contributed by atoms with van der Waals surface area (Å²) in [5.74, 6) is 0.396. The number of amides is 1. The minimum atomic E-state index is 0.0398. The van der Waals surface area contributed by atoms with E-state index < -0.39 is 0 Å². The Morgan fingerprint density at radius 2 is 1.91 bits per heavy atom. The highest BCUT2D eigenvalue weighted by Gasteiger charge is 2.20. The molecule has 2 rings (SSSR count). The van der Waals surface area contributed by atoms with E-state index >= 15 is 0 Å². The van der Waals surface area contributed by atoms with Gasteiger partial charge in [0.1, 0.15) is 6.54 Å². The number of benzene rings is 1. The largest absolute Gasteiger partial charge is 0.370 e. The summed E-state index contributed by atoms with van der Waals surface area (Å²) in [5.41, 5.74) is 6.96. The first kappa shape index (κ1) is 17.1. The third kappa shape index (κ3) is 5.47. The Labute approximate surface area is 138 Å². The highest BCUT2D eigenvalue weighted by atomic mass is 16.2. The van der Waals surface area contributed by atoms with Crippen LogP contribution in [0.5, 0.6) is 0 Å². The Morgan fingerprint density at radius 1 is 1.22 bits per heavy atom. The molecule has 0 saturated carbocycles. The smallest absolute Gasteiger partial charge is 0.244 e. The third-order valence-corrected chi connectivity index (χ3v) is 3.97. The maximum absolute atomic E-state index is 12.2. The van der Waals surface area contributed by atoms with Crippen LogP contribution in [-0.4, -0.2) is 56.0 Å². The van der Waals surface area contributed by atoms with Gasteiger partial charge in [0, 0.05) is 38.4 Å². The average molecular weight is 317 g/mol. The Kier molecular flexibility index (Phi) is 6.72. The summed E-state index contributed by atoms with van der Waals surface area (Å²) in [6, 6.07) is 10.3. The third-order valence-electron chi connectivity index (χ3n) is 3.97. The second kappa shape index (κ2) is 9.02. The molecule has 1 aromatic carbocycles. The van der Waals surface area contributed by atoms with Crippen molar-refractivity contribution in [1.29, 1.82) is 0 Å². The van der Waals surface area contributed by atoms with E-state index in [1.807, 2.05) is 23.1 Å². The van der Waals surface area contributed by atoms with Crippen LogP contribution in [0, 0.1) is 0 Å². The number of rotatable bonds is 6. The predicted molar refractivity (Wildman–Crippen MR) is 94.6 cm³/mol. The molecule has 0 aliphatic carbocycles. The second-order valence-corrected chi connectivity index (χ2v) is 5.69. The second-order valence-electron chi connectivity index (χ2n) is 5.69. The summed E-state index contributed by atoms with van der Waals surface area (Å²) in [4.78, 5) is 20.5. The van der Waals surface area contributed by atoms with Gasteiger partial charge in [-0.05, 0) is 18.6 Å². The first-order chi connectivity index (χ1) is 11.2. The van der Waals surface area contributed by atoms with E-state index in [9.17, 15) is 4.79 Å². The van der Waals surface area contributed by atoms with Crippen LogP contribution in [0.3, 0.4) is 0 Å². The zero-order chi connectivity index (χ0) is 16.5. The van der Waals surface area contributed by atoms with Crippen LogP contribution < -0.4 is 16.0 Å². The summed E-state index contributed by atoms with van der Waals surface area (Å²) in [6.07, 6.45) is 2.15. The fourth-order valence-corrected chi connectivity index (χ4v) is 2.55. The highest BCUT2D eigenvalue weighted by molar-refractivity contribution is 5.84. The van der Waals surface area contributed by atoms with Crippen LogP contribution in [0.2, 0.25) is 0 Å². The van der Waals surface area contributed by atoms with E-state index in [0.29, 0.717) is 5.96 Å². The number of anilines is 1. The minimum Gasteiger partial charge on any atom is -0.370 e. The SMILES string of the molecule is CCCCNC(N)=NCC(=O)N1CCN(c2ccccc2)CC1. The molecule has 0 unspecified atom stereocenters. The normalized spacial score (nSPS) is 15.6. The Bertz CT molecular complexity index is 509. The number of piperazine rings is 1. The number of nitrogens with zero attached hydrogens (tertiary/aromatic N) is 3. The number of aliphatic imine (C=N–C) groups is 1. The van der Waals surface area contributed by atoms with Gasteiger partial charge in [-0.15, -0.1) is 0 Å². The van der Waals surface area contributed by atoms with Gasteiger partial charge < -0.3 is 20.9 Å². The summed E-state index contributed by atoms with van der Waals surface area (Å²) < 4.78 is 0. The Balaban J connectivity index is 1.74. The van der Waals surface area contributed by atoms with Crippen molar-refractivity contribution in [3.8, 4) is 0 Å². The molecule has 126 valence electrons. The van der Waals surface area contributed by atoms with Crippen molar-refractivity contribution < 1.29 is 4.79 Å². The molecule has 3 N–H and O–H groups in total. The van der Waals surface area contributed by atoms with Crippen LogP contribution in [0.25, 0.3) is 0 Å². The van der Waals surface area contributed by atoms with Gasteiger partial charge in [-0.25, -0.2) is 4.99 Å². The lowest BCUT2D eigenvalue weighted by atomic mass is 10.2. The van der Waals surface area contributed by atoms with E-state index in [-0.39, 0.29) is 12.5 Å². The number of para-hydroxylation sites is 1. The quantitative estimate of drug-likeness (QED) is 0.467. The summed E-state index contributed by atoms with van der Waals surface area (Å²) in [6.45, 7) is 6.20. The molecular weight excluding hydrogens is 290 g/mol. The monoisotopic (exact) mass is 317 g/mol. The summed E-state index contributed by atoms with van der Waals surface area (Å²) in [5, 5.41) is 3.02. The molecule has 1 amide bonds. The van der Waals surface area contributed by atoms with E-state index in [0.717, 1.165) is 45.6 Å². The van der Waals surface area contributed by atoms with Crippen LogP contribution in [0.1, 0.15) is 19.8 Å². The fourth-order valence-electron chi connectivity index (χ4n) is 2.55. The fraction of sp³-hybridized carbons (Fsp3) is 0.529. The number of nitrogens with two attached hydrogens (primary N) is 1. The standard InChI is InChI=1S/C17H27N5O/c1-2-3-9-19-17(18)20-14-16(23)22-12-10-21(11-13-22)15-7-5-4-6-8-15/h4-8H,2-3,9-14H2,1H3,(H3,18,19,20). The Morgan fingerprint density at radius 3 is 2.57 bits per heavy atom. The molecule has 23 heavy (non-hydrogen) atoms. The number of hydrogen-bond acceptors (Lipinski definition) is 3. The molecule has 1 aromatic rings. The lowest BCUT2D eigenvalue weighted by Crippen LogP contribution is -2.49. The van der Waals surface area contributed by atoms with Gasteiger partial charge in [-0.2, -0.15) is 0 Å². The van der Waals surface area contributed by atoms with Crippen LogP contribution >= 0.6 is 0 Å². The summed E-state index contributed by atoms with van der Waals surface area (Å²) >= 11 is 0. The van der Waals surface area contributed by atoms with Crippen LogP contribution in [-0.2, 0) is 4.79 Å². The van der Waals surface area contributed by atoms with Gasteiger partial charge in [-0.1, -0.05) is 31.5 Å². The van der Waals surface area contributed by atoms with Gasteiger partial charge >= 0.3 is 0 Å². The van der Waals surface area contributed by atoms with Gasteiger partial charge in [0.25, 0.3) is 0 Å². The lowest BCUT2D eigenvalue weighted by molar-refractivity contribution is -0.129. The number of unbranched alkanes of at least 4 members (excludes halogenated alkanes) is 1. The zero-order valence-electron chi connectivity index (χ0n) is 13.9. The molecule has 6 nitrogen and oxygen atoms in total. The van der Waals surface area contributed by atoms with Crippen molar-refractivity contribution in [3.05, 3.63) is 30.3 Å². The maximum Gasteiger partial charge on any atom is 0.244 e.